The van der Waals surface area contributed by atoms with Crippen molar-refractivity contribution in [3.8, 4) is 11.4 Å². The number of aryl methyl sites for hydroxylation is 2. The second-order valence-corrected chi connectivity index (χ2v) is 7.63. The third-order valence-electron chi connectivity index (χ3n) is 4.93. The predicted octanol–water partition coefficient (Wildman–Crippen LogP) is 3.74. The zero-order valence-electron chi connectivity index (χ0n) is 17.8. The molecule has 0 aliphatic carbocycles. The number of thiocarbonyl (C=S) groups is 1. The first-order chi connectivity index (χ1) is 15.1. The lowest BCUT2D eigenvalue weighted by Gasteiger charge is -2.16. The van der Waals surface area contributed by atoms with E-state index in [4.69, 9.17) is 22.7 Å². The summed E-state index contributed by atoms with van der Waals surface area (Å²) in [7, 11) is 4.88. The Balaban J connectivity index is 2.25. The van der Waals surface area contributed by atoms with Crippen LogP contribution in [0.5, 0.6) is 0 Å². The van der Waals surface area contributed by atoms with Crippen LogP contribution in [0.2, 0.25) is 0 Å². The molecule has 3 aromatic rings. The van der Waals surface area contributed by atoms with Gasteiger partial charge in [0.05, 0.1) is 41.2 Å². The number of nitrogens with two attached hydrogens (primary N) is 1. The van der Waals surface area contributed by atoms with E-state index in [9.17, 15) is 13.2 Å². The molecular formula is C21H23F3N6OS. The molecule has 0 unspecified atom stereocenters. The molecule has 11 heteroatoms. The van der Waals surface area contributed by atoms with E-state index in [0.29, 0.717) is 35.4 Å². The summed E-state index contributed by atoms with van der Waals surface area (Å²) >= 11 is 4.90. The first kappa shape index (κ1) is 23.6. The van der Waals surface area contributed by atoms with E-state index >= 15 is 0 Å². The Morgan fingerprint density at radius 1 is 1.34 bits per heavy atom. The van der Waals surface area contributed by atoms with Gasteiger partial charge >= 0.3 is 6.18 Å². The van der Waals surface area contributed by atoms with Crippen LogP contribution in [0.15, 0.2) is 35.8 Å². The minimum atomic E-state index is -4.51. The van der Waals surface area contributed by atoms with Gasteiger partial charge in [0.2, 0.25) is 0 Å². The molecule has 2 aromatic heterocycles. The number of ether oxygens (including phenoxy) is 1. The predicted molar refractivity (Wildman–Crippen MR) is 121 cm³/mol. The van der Waals surface area contributed by atoms with E-state index < -0.39 is 11.7 Å². The molecule has 0 atom stereocenters. The molecular weight excluding hydrogens is 441 g/mol. The highest BCUT2D eigenvalue weighted by atomic mass is 32.1. The maximum atomic E-state index is 13.8. The number of hydrogen-bond donors (Lipinski definition) is 1. The topological polar surface area (TPSA) is 81.6 Å². The normalized spacial score (nSPS) is 12.1. The van der Waals surface area contributed by atoms with Crippen LogP contribution >= 0.6 is 12.2 Å². The van der Waals surface area contributed by atoms with E-state index in [1.54, 1.807) is 37.3 Å². The zero-order chi connectivity index (χ0) is 23.5. The molecule has 0 aliphatic rings. The summed E-state index contributed by atoms with van der Waals surface area (Å²) in [4.78, 5) is 8.58. The first-order valence-electron chi connectivity index (χ1n) is 9.69. The number of fused-ring (bicyclic) bond motifs is 1. The summed E-state index contributed by atoms with van der Waals surface area (Å²) in [5, 5.41) is 6.11. The Morgan fingerprint density at radius 2 is 2.09 bits per heavy atom. The highest BCUT2D eigenvalue weighted by Crippen LogP contribution is 2.36. The maximum Gasteiger partial charge on any atom is 0.416 e. The van der Waals surface area contributed by atoms with Gasteiger partial charge in [0, 0.05) is 38.8 Å². The number of hydrogen-bond acceptors (Lipinski definition) is 5. The van der Waals surface area contributed by atoms with Crippen LogP contribution < -0.4 is 5.73 Å². The average Bonchev–Trinajstić information content (AvgIpc) is 3.16. The van der Waals surface area contributed by atoms with E-state index in [-0.39, 0.29) is 22.6 Å². The number of benzene rings is 1. The third kappa shape index (κ3) is 5.22. The van der Waals surface area contributed by atoms with Crippen LogP contribution in [0.3, 0.4) is 0 Å². The lowest BCUT2D eigenvalue weighted by Crippen LogP contribution is -2.27. The van der Waals surface area contributed by atoms with E-state index in [1.165, 1.54) is 24.4 Å². The second kappa shape index (κ2) is 9.61. The van der Waals surface area contributed by atoms with Gasteiger partial charge in [0.15, 0.2) is 5.11 Å². The summed E-state index contributed by atoms with van der Waals surface area (Å²) in [6.07, 6.45) is 0.858. The number of methoxy groups -OCH3 is 1. The Kier molecular flexibility index (Phi) is 7.09. The van der Waals surface area contributed by atoms with Gasteiger partial charge in [-0.25, -0.2) is 15.0 Å². The molecule has 0 fully saturated rings. The smallest absolute Gasteiger partial charge is 0.385 e. The molecule has 0 radical (unpaired) electrons. The summed E-state index contributed by atoms with van der Waals surface area (Å²) in [5.74, 6) is 0. The monoisotopic (exact) mass is 464 g/mol. The fourth-order valence-electron chi connectivity index (χ4n) is 3.27. The Morgan fingerprint density at radius 3 is 2.69 bits per heavy atom. The molecule has 2 N–H and O–H groups in total. The molecule has 0 amide bonds. The van der Waals surface area contributed by atoms with Gasteiger partial charge < -0.3 is 15.0 Å². The number of hydrazone groups is 1. The minimum Gasteiger partial charge on any atom is -0.385 e. The van der Waals surface area contributed by atoms with Gasteiger partial charge in [-0.1, -0.05) is 0 Å². The number of alkyl halides is 3. The molecule has 0 aliphatic heterocycles. The van der Waals surface area contributed by atoms with Crippen LogP contribution in [0.1, 0.15) is 23.1 Å². The Bertz CT molecular complexity index is 1160. The van der Waals surface area contributed by atoms with Gasteiger partial charge in [0.1, 0.15) is 0 Å². The van der Waals surface area contributed by atoms with Crippen molar-refractivity contribution < 1.29 is 17.9 Å². The number of rotatable bonds is 7. The van der Waals surface area contributed by atoms with Gasteiger partial charge in [-0.2, -0.15) is 18.3 Å². The van der Waals surface area contributed by atoms with Crippen LogP contribution in [-0.2, 0) is 24.4 Å². The highest BCUT2D eigenvalue weighted by molar-refractivity contribution is 7.80. The van der Waals surface area contributed by atoms with Crippen molar-refractivity contribution in [2.45, 2.75) is 19.0 Å². The van der Waals surface area contributed by atoms with E-state index in [1.807, 2.05) is 0 Å². The standard InChI is InChI=1S/C21H23F3N6OS/c1-29-12-26-11-19(29)18-8-14(10-27-30(2)20(25)32)15-7-13(5-4-6-31-3)16(21(22,23)24)9-17(15)28-18/h7-12H,4-6H2,1-3H3,(H2,25,32). The molecule has 0 spiro atoms. The minimum absolute atomic E-state index is 0.0612. The number of nitrogens with zero attached hydrogens (tertiary/aromatic N) is 5. The molecule has 2 heterocycles. The van der Waals surface area contributed by atoms with Crippen molar-refractivity contribution in [3.63, 3.8) is 0 Å². The SMILES string of the molecule is COCCCc1cc2c(C=NN(C)C(N)=S)cc(-c3cncn3C)nc2cc1C(F)(F)F. The maximum absolute atomic E-state index is 13.8. The fourth-order valence-corrected chi connectivity index (χ4v) is 3.32. The van der Waals surface area contributed by atoms with Crippen molar-refractivity contribution in [1.29, 1.82) is 0 Å². The highest BCUT2D eigenvalue weighted by Gasteiger charge is 2.34. The molecule has 170 valence electrons. The molecule has 7 nitrogen and oxygen atoms in total. The number of pyridine rings is 1. The first-order valence-corrected chi connectivity index (χ1v) is 10.1. The summed E-state index contributed by atoms with van der Waals surface area (Å²) in [5.41, 5.74) is 6.95. The Hall–Kier alpha value is -3.05. The van der Waals surface area contributed by atoms with E-state index in [2.05, 4.69) is 15.1 Å². The van der Waals surface area contributed by atoms with Crippen LogP contribution in [0.25, 0.3) is 22.3 Å². The summed E-state index contributed by atoms with van der Waals surface area (Å²) in [6.45, 7) is 0.361. The lowest BCUT2D eigenvalue weighted by molar-refractivity contribution is -0.138. The average molecular weight is 465 g/mol. The van der Waals surface area contributed by atoms with Crippen molar-refractivity contribution in [1.82, 2.24) is 19.5 Å². The van der Waals surface area contributed by atoms with Crippen LogP contribution in [-0.4, -0.2) is 51.6 Å². The lowest BCUT2D eigenvalue weighted by atomic mass is 9.97. The van der Waals surface area contributed by atoms with E-state index in [0.717, 1.165) is 6.07 Å². The van der Waals surface area contributed by atoms with Crippen molar-refractivity contribution in [2.75, 3.05) is 20.8 Å². The molecule has 0 bridgehead atoms. The van der Waals surface area contributed by atoms with Crippen LogP contribution in [0, 0.1) is 0 Å². The second-order valence-electron chi connectivity index (χ2n) is 7.21. The van der Waals surface area contributed by atoms with Crippen LogP contribution in [0.4, 0.5) is 13.2 Å². The number of imidazole rings is 1. The fraction of sp³-hybridized carbons (Fsp3) is 0.333. The zero-order valence-corrected chi connectivity index (χ0v) is 18.7. The van der Waals surface area contributed by atoms with Gasteiger partial charge in [-0.15, -0.1) is 0 Å². The largest absolute Gasteiger partial charge is 0.416 e. The third-order valence-corrected chi connectivity index (χ3v) is 5.20. The van der Waals surface area contributed by atoms with Gasteiger partial charge in [-0.05, 0) is 48.8 Å². The molecule has 0 saturated heterocycles. The quantitative estimate of drug-likeness (QED) is 0.248. The summed E-state index contributed by atoms with van der Waals surface area (Å²) < 4.78 is 48.2. The van der Waals surface area contributed by atoms with Crippen molar-refractivity contribution in [2.24, 2.45) is 17.9 Å². The number of halogens is 3. The van der Waals surface area contributed by atoms with Gasteiger partial charge in [-0.3, -0.25) is 0 Å². The molecule has 32 heavy (non-hydrogen) atoms. The van der Waals surface area contributed by atoms with Gasteiger partial charge in [0.25, 0.3) is 0 Å². The molecule has 3 rings (SSSR count). The molecule has 0 saturated carbocycles. The Labute approximate surface area is 188 Å². The summed E-state index contributed by atoms with van der Waals surface area (Å²) in [6, 6.07) is 4.37. The van der Waals surface area contributed by atoms with Crippen molar-refractivity contribution >= 4 is 34.4 Å². The number of aromatic nitrogens is 3. The molecule has 1 aromatic carbocycles. The van der Waals surface area contributed by atoms with Crippen molar-refractivity contribution in [3.05, 3.63) is 47.4 Å².